The zero-order chi connectivity index (χ0) is 19.1. The standard InChI is InChI=1S/C19H21ClN8/c1-21-13-2-4-14(5-3-13)25-18-22-9-16-15(6-7-28(16)26-18)12-8-23-19-24-10-17(20)27(19)11-12/h6-11,13-14,21H,2-5H2,1H3,(H,25,26). The van der Waals surface area contributed by atoms with Gasteiger partial charge in [-0.25, -0.2) is 19.5 Å². The van der Waals surface area contributed by atoms with Crippen LogP contribution in [0.1, 0.15) is 25.7 Å². The maximum absolute atomic E-state index is 6.17. The second kappa shape index (κ2) is 7.03. The van der Waals surface area contributed by atoms with Crippen molar-refractivity contribution >= 4 is 28.8 Å². The molecule has 9 heteroatoms. The van der Waals surface area contributed by atoms with Gasteiger partial charge in [-0.3, -0.25) is 4.40 Å². The molecule has 28 heavy (non-hydrogen) atoms. The Kier molecular flexibility index (Phi) is 4.37. The first-order chi connectivity index (χ1) is 13.7. The van der Waals surface area contributed by atoms with Gasteiger partial charge in [-0.15, -0.1) is 5.10 Å². The highest BCUT2D eigenvalue weighted by Crippen LogP contribution is 2.26. The molecule has 1 aliphatic rings. The van der Waals surface area contributed by atoms with Crippen LogP contribution in [0.2, 0.25) is 5.15 Å². The molecule has 5 rings (SSSR count). The average molecular weight is 397 g/mol. The molecule has 0 unspecified atom stereocenters. The molecule has 1 aliphatic carbocycles. The molecule has 2 N–H and O–H groups in total. The highest BCUT2D eigenvalue weighted by atomic mass is 35.5. The number of nitrogens with zero attached hydrogens (tertiary/aromatic N) is 6. The highest BCUT2D eigenvalue weighted by Gasteiger charge is 2.20. The van der Waals surface area contributed by atoms with E-state index in [1.165, 1.54) is 12.8 Å². The van der Waals surface area contributed by atoms with Gasteiger partial charge in [-0.2, -0.15) is 0 Å². The minimum Gasteiger partial charge on any atom is -0.350 e. The number of fused-ring (bicyclic) bond motifs is 2. The molecule has 0 radical (unpaired) electrons. The summed E-state index contributed by atoms with van der Waals surface area (Å²) in [5, 5.41) is 12.0. The third kappa shape index (κ3) is 3.08. The number of halogens is 1. The second-order valence-electron chi connectivity index (χ2n) is 7.22. The molecular formula is C19H21ClN8. The summed E-state index contributed by atoms with van der Waals surface area (Å²) >= 11 is 6.17. The van der Waals surface area contributed by atoms with Gasteiger partial charge in [-0.1, -0.05) is 11.6 Å². The van der Waals surface area contributed by atoms with Crippen molar-refractivity contribution < 1.29 is 0 Å². The Balaban J connectivity index is 1.41. The van der Waals surface area contributed by atoms with Crippen LogP contribution >= 0.6 is 11.6 Å². The van der Waals surface area contributed by atoms with E-state index >= 15 is 0 Å². The molecule has 1 saturated carbocycles. The summed E-state index contributed by atoms with van der Waals surface area (Å²) in [6.07, 6.45) is 13.7. The number of aromatic nitrogens is 6. The molecule has 0 spiro atoms. The van der Waals surface area contributed by atoms with Crippen molar-refractivity contribution in [1.82, 2.24) is 34.3 Å². The molecule has 144 valence electrons. The van der Waals surface area contributed by atoms with Crippen molar-refractivity contribution in [2.24, 2.45) is 0 Å². The van der Waals surface area contributed by atoms with Crippen molar-refractivity contribution in [3.63, 3.8) is 0 Å². The minimum absolute atomic E-state index is 0.423. The molecule has 8 nitrogen and oxygen atoms in total. The van der Waals surface area contributed by atoms with Gasteiger partial charge >= 0.3 is 0 Å². The van der Waals surface area contributed by atoms with Crippen LogP contribution in [0.15, 0.2) is 37.1 Å². The lowest BCUT2D eigenvalue weighted by Crippen LogP contribution is -2.35. The summed E-state index contributed by atoms with van der Waals surface area (Å²) in [6, 6.07) is 3.06. The van der Waals surface area contributed by atoms with Gasteiger partial charge in [0.05, 0.1) is 17.9 Å². The third-order valence-electron chi connectivity index (χ3n) is 5.52. The number of nitrogens with one attached hydrogen (secondary N) is 2. The van der Waals surface area contributed by atoms with Gasteiger partial charge in [0.1, 0.15) is 5.15 Å². The summed E-state index contributed by atoms with van der Waals surface area (Å²) in [5.74, 6) is 1.24. The van der Waals surface area contributed by atoms with Gasteiger partial charge in [0.2, 0.25) is 11.7 Å². The molecule has 1 fully saturated rings. The van der Waals surface area contributed by atoms with Gasteiger partial charge in [0.25, 0.3) is 0 Å². The molecule has 4 heterocycles. The topological polar surface area (TPSA) is 84.4 Å². The average Bonchev–Trinajstić information content (AvgIpc) is 3.32. The van der Waals surface area contributed by atoms with Gasteiger partial charge in [0.15, 0.2) is 0 Å². The van der Waals surface area contributed by atoms with Crippen LogP contribution in [0.5, 0.6) is 0 Å². The molecule has 0 aliphatic heterocycles. The number of hydrogen-bond donors (Lipinski definition) is 2. The van der Waals surface area contributed by atoms with Crippen LogP contribution in [-0.4, -0.2) is 48.1 Å². The number of hydrogen-bond acceptors (Lipinski definition) is 6. The van der Waals surface area contributed by atoms with Crippen molar-refractivity contribution in [2.75, 3.05) is 12.4 Å². The van der Waals surface area contributed by atoms with E-state index in [1.807, 2.05) is 36.2 Å². The Bertz CT molecular complexity index is 1130. The van der Waals surface area contributed by atoms with Crippen LogP contribution in [0.25, 0.3) is 22.4 Å². The SMILES string of the molecule is CNC1CCC(Nc2ncc3c(-c4cnc5ncc(Cl)n5c4)ccn3n2)CC1. The van der Waals surface area contributed by atoms with Gasteiger partial charge in [0, 0.05) is 41.8 Å². The van der Waals surface area contributed by atoms with Crippen LogP contribution in [0, 0.1) is 0 Å². The number of rotatable bonds is 4. The minimum atomic E-state index is 0.423. The highest BCUT2D eigenvalue weighted by molar-refractivity contribution is 6.29. The van der Waals surface area contributed by atoms with Crippen LogP contribution in [-0.2, 0) is 0 Å². The van der Waals surface area contributed by atoms with Crippen LogP contribution in [0.4, 0.5) is 5.95 Å². The quantitative estimate of drug-likeness (QED) is 0.551. The maximum atomic E-state index is 6.17. The van der Waals surface area contributed by atoms with Crippen molar-refractivity contribution in [2.45, 2.75) is 37.8 Å². The molecular weight excluding hydrogens is 376 g/mol. The third-order valence-corrected chi connectivity index (χ3v) is 5.80. The van der Waals surface area contributed by atoms with E-state index in [-0.39, 0.29) is 0 Å². The molecule has 0 bridgehead atoms. The monoisotopic (exact) mass is 396 g/mol. The van der Waals surface area contributed by atoms with E-state index in [0.717, 1.165) is 29.5 Å². The molecule has 0 saturated heterocycles. The zero-order valence-corrected chi connectivity index (χ0v) is 16.3. The first-order valence-electron chi connectivity index (χ1n) is 9.48. The first kappa shape index (κ1) is 17.4. The molecule has 0 atom stereocenters. The van der Waals surface area contributed by atoms with E-state index in [0.29, 0.717) is 29.0 Å². The van der Waals surface area contributed by atoms with Crippen molar-refractivity contribution in [3.05, 3.63) is 42.2 Å². The fraction of sp³-hybridized carbons (Fsp3) is 0.368. The molecule has 0 aromatic carbocycles. The molecule has 4 aromatic heterocycles. The Morgan fingerprint density at radius 3 is 2.64 bits per heavy atom. The van der Waals surface area contributed by atoms with Crippen molar-refractivity contribution in [3.8, 4) is 11.1 Å². The Hall–Kier alpha value is -2.71. The van der Waals surface area contributed by atoms with Crippen molar-refractivity contribution in [1.29, 1.82) is 0 Å². The lowest BCUT2D eigenvalue weighted by Gasteiger charge is -2.28. The van der Waals surface area contributed by atoms with Crippen LogP contribution < -0.4 is 10.6 Å². The van der Waals surface area contributed by atoms with Crippen LogP contribution in [0.3, 0.4) is 0 Å². The fourth-order valence-electron chi connectivity index (χ4n) is 3.90. The van der Waals surface area contributed by atoms with E-state index < -0.39 is 0 Å². The normalized spacial score (nSPS) is 20.1. The predicted octanol–water partition coefficient (Wildman–Crippen LogP) is 3.03. The smallest absolute Gasteiger partial charge is 0.241 e. The largest absolute Gasteiger partial charge is 0.350 e. The lowest BCUT2D eigenvalue weighted by molar-refractivity contribution is 0.370. The van der Waals surface area contributed by atoms with E-state index in [4.69, 9.17) is 11.6 Å². The Labute approximate surface area is 167 Å². The second-order valence-corrected chi connectivity index (χ2v) is 7.60. The lowest BCUT2D eigenvalue weighted by atomic mass is 9.91. The Morgan fingerprint density at radius 1 is 1.04 bits per heavy atom. The summed E-state index contributed by atoms with van der Waals surface area (Å²) in [7, 11) is 2.03. The maximum Gasteiger partial charge on any atom is 0.241 e. The van der Waals surface area contributed by atoms with E-state index in [2.05, 4.69) is 30.7 Å². The van der Waals surface area contributed by atoms with E-state index in [1.54, 1.807) is 16.8 Å². The molecule has 0 amide bonds. The number of imidazole rings is 1. The molecule has 4 aromatic rings. The summed E-state index contributed by atoms with van der Waals surface area (Å²) in [4.78, 5) is 13.1. The van der Waals surface area contributed by atoms with Gasteiger partial charge in [-0.05, 0) is 38.8 Å². The summed E-state index contributed by atoms with van der Waals surface area (Å²) < 4.78 is 3.61. The fourth-order valence-corrected chi connectivity index (χ4v) is 4.08. The zero-order valence-electron chi connectivity index (χ0n) is 15.5. The van der Waals surface area contributed by atoms with E-state index in [9.17, 15) is 0 Å². The summed E-state index contributed by atoms with van der Waals surface area (Å²) in [5.41, 5.74) is 2.85. The Morgan fingerprint density at radius 2 is 1.82 bits per heavy atom. The first-order valence-corrected chi connectivity index (χ1v) is 9.86. The van der Waals surface area contributed by atoms with Gasteiger partial charge < -0.3 is 10.6 Å². The predicted molar refractivity (Wildman–Crippen MR) is 109 cm³/mol. The summed E-state index contributed by atoms with van der Waals surface area (Å²) in [6.45, 7) is 0. The number of anilines is 1.